The number of ether oxygens (including phenoxy) is 2. The van der Waals surface area contributed by atoms with Crippen LogP contribution in [0.15, 0.2) is 30.3 Å². The number of thiocarbonyl (C=S) groups is 1. The highest BCUT2D eigenvalue weighted by molar-refractivity contribution is 7.80. The van der Waals surface area contributed by atoms with Crippen LogP contribution in [0.3, 0.4) is 0 Å². The molecule has 134 valence electrons. The number of hydrogen-bond acceptors (Lipinski definition) is 3. The molecule has 0 saturated carbocycles. The third-order valence-corrected chi connectivity index (χ3v) is 4.48. The Balaban J connectivity index is 2.13. The van der Waals surface area contributed by atoms with Gasteiger partial charge in [0.1, 0.15) is 0 Å². The smallest absolute Gasteiger partial charge is 0.173 e. The normalized spacial score (nSPS) is 10.3. The molecule has 0 radical (unpaired) electrons. The van der Waals surface area contributed by atoms with E-state index in [0.717, 1.165) is 28.3 Å². The van der Waals surface area contributed by atoms with Crippen LogP contribution in [0.2, 0.25) is 0 Å². The summed E-state index contributed by atoms with van der Waals surface area (Å²) >= 11 is 5.56. The number of hydrogen-bond donors (Lipinski definition) is 1. The lowest BCUT2D eigenvalue weighted by Crippen LogP contribution is -2.30. The average molecular weight is 359 g/mol. The Hall–Kier alpha value is -2.27. The summed E-state index contributed by atoms with van der Waals surface area (Å²) < 4.78 is 10.8. The van der Waals surface area contributed by atoms with Gasteiger partial charge in [0.05, 0.1) is 14.2 Å². The second kappa shape index (κ2) is 8.21. The lowest BCUT2D eigenvalue weighted by molar-refractivity contribution is 0.353. The highest BCUT2D eigenvalue weighted by atomic mass is 32.1. The van der Waals surface area contributed by atoms with Gasteiger partial charge in [0.2, 0.25) is 0 Å². The van der Waals surface area contributed by atoms with Crippen LogP contribution in [0.5, 0.6) is 11.5 Å². The van der Waals surface area contributed by atoms with E-state index < -0.39 is 0 Å². The first-order valence-corrected chi connectivity index (χ1v) is 8.56. The Morgan fingerprint density at radius 1 is 0.960 bits per heavy atom. The van der Waals surface area contributed by atoms with Gasteiger partial charge in [0, 0.05) is 19.3 Å². The van der Waals surface area contributed by atoms with Crippen LogP contribution in [-0.4, -0.2) is 31.3 Å². The number of nitrogens with zero attached hydrogens (tertiary/aromatic N) is 1. The standard InChI is InChI=1S/C20H26N2O2S/c1-13-7-14(2)9-17(8-13)21-20(25)22(4)12-16-11-19(24-6)18(23-5)10-15(16)3/h7-11H,12H2,1-6H3,(H,21,25). The molecular weight excluding hydrogens is 332 g/mol. The van der Waals surface area contributed by atoms with Crippen LogP contribution in [-0.2, 0) is 6.54 Å². The first-order chi connectivity index (χ1) is 11.8. The Bertz CT molecular complexity index is 754. The molecule has 0 amide bonds. The van der Waals surface area contributed by atoms with Gasteiger partial charge in [0.25, 0.3) is 0 Å². The number of nitrogens with one attached hydrogen (secondary N) is 1. The van der Waals surface area contributed by atoms with Gasteiger partial charge >= 0.3 is 0 Å². The second-order valence-electron chi connectivity index (χ2n) is 6.30. The van der Waals surface area contributed by atoms with Crippen molar-refractivity contribution in [3.63, 3.8) is 0 Å². The van der Waals surface area contributed by atoms with Crippen molar-refractivity contribution in [2.75, 3.05) is 26.6 Å². The molecular formula is C20H26N2O2S. The summed E-state index contributed by atoms with van der Waals surface area (Å²) in [6, 6.07) is 10.3. The topological polar surface area (TPSA) is 33.7 Å². The molecule has 0 aromatic heterocycles. The van der Waals surface area contributed by atoms with E-state index in [-0.39, 0.29) is 0 Å². The fourth-order valence-electron chi connectivity index (χ4n) is 2.79. The van der Waals surface area contributed by atoms with Crippen molar-refractivity contribution in [3.05, 3.63) is 52.6 Å². The van der Waals surface area contributed by atoms with Gasteiger partial charge in [-0.3, -0.25) is 0 Å². The molecule has 2 rings (SSSR count). The molecule has 0 atom stereocenters. The van der Waals surface area contributed by atoms with Gasteiger partial charge in [-0.2, -0.15) is 0 Å². The summed E-state index contributed by atoms with van der Waals surface area (Å²) in [6.07, 6.45) is 0. The van der Waals surface area contributed by atoms with Crippen molar-refractivity contribution in [1.29, 1.82) is 0 Å². The highest BCUT2D eigenvalue weighted by Gasteiger charge is 2.12. The van der Waals surface area contributed by atoms with Gasteiger partial charge in [-0.1, -0.05) is 6.07 Å². The van der Waals surface area contributed by atoms with E-state index >= 15 is 0 Å². The molecule has 25 heavy (non-hydrogen) atoms. The Labute approximate surface area is 155 Å². The van der Waals surface area contributed by atoms with Gasteiger partial charge in [-0.25, -0.2) is 0 Å². The van der Waals surface area contributed by atoms with E-state index in [2.05, 4.69) is 44.3 Å². The lowest BCUT2D eigenvalue weighted by atomic mass is 10.1. The summed E-state index contributed by atoms with van der Waals surface area (Å²) in [6.45, 7) is 6.91. The fraction of sp³-hybridized carbons (Fsp3) is 0.350. The maximum atomic E-state index is 5.56. The minimum Gasteiger partial charge on any atom is -0.493 e. The quantitative estimate of drug-likeness (QED) is 0.798. The van der Waals surface area contributed by atoms with Crippen molar-refractivity contribution in [1.82, 2.24) is 4.90 Å². The minimum absolute atomic E-state index is 0.680. The van der Waals surface area contributed by atoms with E-state index in [1.165, 1.54) is 11.1 Å². The molecule has 5 heteroatoms. The van der Waals surface area contributed by atoms with Crippen LogP contribution in [0.25, 0.3) is 0 Å². The van der Waals surface area contributed by atoms with Crippen molar-refractivity contribution < 1.29 is 9.47 Å². The largest absolute Gasteiger partial charge is 0.493 e. The van der Waals surface area contributed by atoms with E-state index in [4.69, 9.17) is 21.7 Å². The second-order valence-corrected chi connectivity index (χ2v) is 6.68. The molecule has 0 aliphatic heterocycles. The number of aryl methyl sites for hydroxylation is 3. The van der Waals surface area contributed by atoms with E-state index in [1.807, 2.05) is 24.1 Å². The van der Waals surface area contributed by atoms with Crippen LogP contribution in [0.1, 0.15) is 22.3 Å². The number of benzene rings is 2. The Morgan fingerprint density at radius 2 is 1.52 bits per heavy atom. The predicted molar refractivity (Wildman–Crippen MR) is 108 cm³/mol. The van der Waals surface area contributed by atoms with E-state index in [0.29, 0.717) is 11.7 Å². The molecule has 0 spiro atoms. The summed E-state index contributed by atoms with van der Waals surface area (Å²) in [5.41, 5.74) is 5.72. The molecule has 0 aliphatic rings. The molecule has 0 unspecified atom stereocenters. The molecule has 0 saturated heterocycles. The minimum atomic E-state index is 0.680. The Morgan fingerprint density at radius 3 is 2.08 bits per heavy atom. The monoisotopic (exact) mass is 358 g/mol. The van der Waals surface area contributed by atoms with Crippen LogP contribution in [0.4, 0.5) is 5.69 Å². The SMILES string of the molecule is COc1cc(C)c(CN(C)C(=S)Nc2cc(C)cc(C)c2)cc1OC. The molecule has 2 aromatic carbocycles. The summed E-state index contributed by atoms with van der Waals surface area (Å²) in [5, 5.41) is 4.00. The molecule has 0 heterocycles. The fourth-order valence-corrected chi connectivity index (χ4v) is 2.97. The molecule has 4 nitrogen and oxygen atoms in total. The zero-order valence-electron chi connectivity index (χ0n) is 15.8. The van der Waals surface area contributed by atoms with Gasteiger partial charge in [-0.15, -0.1) is 0 Å². The number of rotatable bonds is 5. The molecule has 0 aliphatic carbocycles. The van der Waals surface area contributed by atoms with Crippen molar-refractivity contribution in [2.24, 2.45) is 0 Å². The van der Waals surface area contributed by atoms with Crippen LogP contribution < -0.4 is 14.8 Å². The van der Waals surface area contributed by atoms with Crippen molar-refractivity contribution >= 4 is 23.0 Å². The molecule has 2 aromatic rings. The maximum Gasteiger partial charge on any atom is 0.173 e. The van der Waals surface area contributed by atoms with Gasteiger partial charge < -0.3 is 19.7 Å². The molecule has 1 N–H and O–H groups in total. The van der Waals surface area contributed by atoms with Crippen LogP contribution >= 0.6 is 12.2 Å². The van der Waals surface area contributed by atoms with E-state index in [9.17, 15) is 0 Å². The third-order valence-electron chi connectivity index (χ3n) is 4.07. The highest BCUT2D eigenvalue weighted by Crippen LogP contribution is 2.30. The molecule has 0 bridgehead atoms. The third kappa shape index (κ3) is 4.86. The van der Waals surface area contributed by atoms with Crippen LogP contribution in [0, 0.1) is 20.8 Å². The maximum absolute atomic E-state index is 5.56. The number of anilines is 1. The predicted octanol–water partition coefficient (Wildman–Crippen LogP) is 4.46. The summed E-state index contributed by atoms with van der Waals surface area (Å²) in [7, 11) is 5.27. The first kappa shape index (κ1) is 19.1. The van der Waals surface area contributed by atoms with Crippen molar-refractivity contribution in [2.45, 2.75) is 27.3 Å². The van der Waals surface area contributed by atoms with E-state index in [1.54, 1.807) is 14.2 Å². The Kier molecular flexibility index (Phi) is 6.26. The summed E-state index contributed by atoms with van der Waals surface area (Å²) in [5.74, 6) is 1.46. The number of methoxy groups -OCH3 is 2. The van der Waals surface area contributed by atoms with Crippen molar-refractivity contribution in [3.8, 4) is 11.5 Å². The zero-order valence-corrected chi connectivity index (χ0v) is 16.6. The first-order valence-electron chi connectivity index (χ1n) is 8.16. The van der Waals surface area contributed by atoms with Gasteiger partial charge in [-0.05, 0) is 79.5 Å². The molecule has 0 fully saturated rings. The summed E-state index contributed by atoms with van der Waals surface area (Å²) in [4.78, 5) is 2.02. The zero-order chi connectivity index (χ0) is 18.6. The average Bonchev–Trinajstić information content (AvgIpc) is 2.55. The lowest BCUT2D eigenvalue weighted by Gasteiger charge is -2.23. The van der Waals surface area contributed by atoms with Gasteiger partial charge in [0.15, 0.2) is 16.6 Å².